The first-order chi connectivity index (χ1) is 13.5. The van der Waals surface area contributed by atoms with Crippen LogP contribution in [0.1, 0.15) is 51.0 Å². The van der Waals surface area contributed by atoms with Gasteiger partial charge in [0.1, 0.15) is 12.6 Å². The zero-order valence-electron chi connectivity index (χ0n) is 16.6. The molecule has 3 aliphatic rings. The second-order valence-electron chi connectivity index (χ2n) is 8.02. The molecule has 0 radical (unpaired) electrons. The maximum atomic E-state index is 13.1. The third-order valence-electron chi connectivity index (χ3n) is 5.81. The summed E-state index contributed by atoms with van der Waals surface area (Å²) >= 11 is 0. The Morgan fingerprint density at radius 3 is 2.46 bits per heavy atom. The second kappa shape index (κ2) is 7.41. The SMILES string of the molecule is Cc1ccc(N2C(=O)N(CC(=O)N(C3=CCCCC3)C3CC3)C(=O)[C@@H]2C)cc1. The van der Waals surface area contributed by atoms with Crippen LogP contribution >= 0.6 is 0 Å². The largest absolute Gasteiger partial charge is 0.332 e. The van der Waals surface area contributed by atoms with Crippen molar-refractivity contribution in [1.82, 2.24) is 9.80 Å². The Morgan fingerprint density at radius 2 is 1.86 bits per heavy atom. The van der Waals surface area contributed by atoms with Gasteiger partial charge < -0.3 is 4.90 Å². The van der Waals surface area contributed by atoms with Crippen molar-refractivity contribution in [1.29, 1.82) is 0 Å². The molecule has 1 aliphatic heterocycles. The average molecular weight is 381 g/mol. The molecule has 0 bridgehead atoms. The third kappa shape index (κ3) is 3.43. The first kappa shape index (κ1) is 18.7. The molecular formula is C22H27N3O3. The number of anilines is 1. The zero-order valence-corrected chi connectivity index (χ0v) is 16.6. The number of urea groups is 1. The molecule has 1 aromatic carbocycles. The van der Waals surface area contributed by atoms with Gasteiger partial charge in [0, 0.05) is 17.4 Å². The third-order valence-corrected chi connectivity index (χ3v) is 5.81. The molecule has 148 valence electrons. The Kier molecular flexibility index (Phi) is 4.96. The number of carbonyl (C=O) groups is 3. The monoisotopic (exact) mass is 381 g/mol. The van der Waals surface area contributed by atoms with Gasteiger partial charge in [0.15, 0.2) is 0 Å². The molecule has 1 atom stereocenters. The summed E-state index contributed by atoms with van der Waals surface area (Å²) in [6, 6.07) is 6.72. The van der Waals surface area contributed by atoms with Crippen molar-refractivity contribution in [2.24, 2.45) is 0 Å². The number of hydrogen-bond donors (Lipinski definition) is 0. The molecule has 0 aromatic heterocycles. The molecule has 28 heavy (non-hydrogen) atoms. The first-order valence-corrected chi connectivity index (χ1v) is 10.2. The van der Waals surface area contributed by atoms with Gasteiger partial charge in [0.05, 0.1) is 0 Å². The zero-order chi connectivity index (χ0) is 19.8. The van der Waals surface area contributed by atoms with Crippen LogP contribution in [0.25, 0.3) is 0 Å². The molecule has 1 saturated carbocycles. The van der Waals surface area contributed by atoms with Crippen LogP contribution in [0.3, 0.4) is 0 Å². The van der Waals surface area contributed by atoms with Gasteiger partial charge in [-0.25, -0.2) is 4.79 Å². The predicted molar refractivity (Wildman–Crippen MR) is 107 cm³/mol. The Hall–Kier alpha value is -2.63. The molecule has 4 amide bonds. The van der Waals surface area contributed by atoms with Crippen LogP contribution < -0.4 is 4.90 Å². The molecule has 2 fully saturated rings. The average Bonchev–Trinajstić information content (AvgIpc) is 3.50. The Labute approximate surface area is 165 Å². The van der Waals surface area contributed by atoms with Gasteiger partial charge in [-0.2, -0.15) is 0 Å². The summed E-state index contributed by atoms with van der Waals surface area (Å²) in [6.07, 6.45) is 8.27. The lowest BCUT2D eigenvalue weighted by Gasteiger charge is -2.29. The highest BCUT2D eigenvalue weighted by molar-refractivity contribution is 6.15. The highest BCUT2D eigenvalue weighted by atomic mass is 16.2. The van der Waals surface area contributed by atoms with Crippen molar-refractivity contribution in [3.8, 4) is 0 Å². The molecule has 0 N–H and O–H groups in total. The van der Waals surface area contributed by atoms with E-state index in [1.165, 1.54) is 4.90 Å². The van der Waals surface area contributed by atoms with Crippen molar-refractivity contribution in [3.63, 3.8) is 0 Å². The lowest BCUT2D eigenvalue weighted by molar-refractivity contribution is -0.136. The minimum Gasteiger partial charge on any atom is -0.312 e. The first-order valence-electron chi connectivity index (χ1n) is 10.2. The molecule has 4 rings (SSSR count). The van der Waals surface area contributed by atoms with E-state index in [9.17, 15) is 14.4 Å². The number of nitrogens with zero attached hydrogens (tertiary/aromatic N) is 3. The highest BCUT2D eigenvalue weighted by Crippen LogP contribution is 2.34. The number of aryl methyl sites for hydroxylation is 1. The molecule has 6 heteroatoms. The Morgan fingerprint density at radius 1 is 1.14 bits per heavy atom. The number of allylic oxidation sites excluding steroid dienone is 2. The minimum absolute atomic E-state index is 0.143. The lowest BCUT2D eigenvalue weighted by Crippen LogP contribution is -2.44. The van der Waals surface area contributed by atoms with Crippen LogP contribution in [0, 0.1) is 6.92 Å². The van der Waals surface area contributed by atoms with E-state index in [1.54, 1.807) is 6.92 Å². The topological polar surface area (TPSA) is 60.9 Å². The predicted octanol–water partition coefficient (Wildman–Crippen LogP) is 3.60. The van der Waals surface area contributed by atoms with Crippen LogP contribution in [-0.2, 0) is 9.59 Å². The number of carbonyl (C=O) groups excluding carboxylic acids is 3. The van der Waals surface area contributed by atoms with Gasteiger partial charge in [0.2, 0.25) is 5.91 Å². The van der Waals surface area contributed by atoms with E-state index < -0.39 is 12.1 Å². The van der Waals surface area contributed by atoms with Gasteiger partial charge in [-0.15, -0.1) is 0 Å². The summed E-state index contributed by atoms with van der Waals surface area (Å²) in [5.41, 5.74) is 2.84. The van der Waals surface area contributed by atoms with Crippen LogP contribution in [0.15, 0.2) is 36.0 Å². The summed E-state index contributed by atoms with van der Waals surface area (Å²) in [7, 11) is 0. The fourth-order valence-electron chi connectivity index (χ4n) is 4.09. The van der Waals surface area contributed by atoms with Crippen LogP contribution in [0.5, 0.6) is 0 Å². The van der Waals surface area contributed by atoms with Gasteiger partial charge in [-0.3, -0.25) is 19.4 Å². The van der Waals surface area contributed by atoms with Crippen molar-refractivity contribution in [2.45, 2.75) is 64.5 Å². The Bertz CT molecular complexity index is 826. The van der Waals surface area contributed by atoms with Crippen molar-refractivity contribution < 1.29 is 14.4 Å². The molecule has 0 spiro atoms. The maximum Gasteiger partial charge on any atom is 0.332 e. The highest BCUT2D eigenvalue weighted by Gasteiger charge is 2.45. The van der Waals surface area contributed by atoms with Gasteiger partial charge in [-0.05, 0) is 64.5 Å². The molecular weight excluding hydrogens is 354 g/mol. The summed E-state index contributed by atoms with van der Waals surface area (Å²) in [4.78, 5) is 43.3. The van der Waals surface area contributed by atoms with E-state index in [-0.39, 0.29) is 24.4 Å². The van der Waals surface area contributed by atoms with E-state index in [0.717, 1.165) is 54.7 Å². The molecule has 1 aromatic rings. The summed E-state index contributed by atoms with van der Waals surface area (Å²) in [5, 5.41) is 0. The summed E-state index contributed by atoms with van der Waals surface area (Å²) in [5.74, 6) is -0.456. The standard InChI is InChI=1S/C22H27N3O3/c1-15-8-10-18(11-9-15)24-16(2)21(27)23(22(24)28)14-20(26)25(19-12-13-19)17-6-4-3-5-7-17/h6,8-11,16,19H,3-5,7,12-14H2,1-2H3/t16-/m0/s1. The van der Waals surface area contributed by atoms with Gasteiger partial charge in [0.25, 0.3) is 5.91 Å². The van der Waals surface area contributed by atoms with Gasteiger partial charge in [-0.1, -0.05) is 23.8 Å². The molecule has 6 nitrogen and oxygen atoms in total. The lowest BCUT2D eigenvalue weighted by atomic mass is 10.0. The Balaban J connectivity index is 1.52. The van der Waals surface area contributed by atoms with E-state index in [1.807, 2.05) is 36.1 Å². The second-order valence-corrected chi connectivity index (χ2v) is 8.02. The van der Waals surface area contributed by atoms with Crippen LogP contribution in [0.4, 0.5) is 10.5 Å². The summed E-state index contributed by atoms with van der Waals surface area (Å²) in [6.45, 7) is 3.51. The van der Waals surface area contributed by atoms with Crippen molar-refractivity contribution in [3.05, 3.63) is 41.6 Å². The number of rotatable bonds is 5. The van der Waals surface area contributed by atoms with Crippen molar-refractivity contribution >= 4 is 23.5 Å². The number of benzene rings is 1. The van der Waals surface area contributed by atoms with Gasteiger partial charge >= 0.3 is 6.03 Å². The number of hydrogen-bond acceptors (Lipinski definition) is 3. The molecule has 1 heterocycles. The molecule has 1 saturated heterocycles. The summed E-state index contributed by atoms with van der Waals surface area (Å²) < 4.78 is 0. The fraction of sp³-hybridized carbons (Fsp3) is 0.500. The number of imide groups is 1. The van der Waals surface area contributed by atoms with Crippen LogP contribution in [0.2, 0.25) is 0 Å². The minimum atomic E-state index is -0.605. The smallest absolute Gasteiger partial charge is 0.312 e. The quantitative estimate of drug-likeness (QED) is 0.732. The number of amides is 4. The molecule has 2 aliphatic carbocycles. The van der Waals surface area contributed by atoms with E-state index in [4.69, 9.17) is 0 Å². The normalized spacial score (nSPS) is 22.5. The molecule has 0 unspecified atom stereocenters. The van der Waals surface area contributed by atoms with E-state index in [2.05, 4.69) is 6.08 Å². The van der Waals surface area contributed by atoms with E-state index >= 15 is 0 Å². The maximum absolute atomic E-state index is 13.1. The van der Waals surface area contributed by atoms with Crippen LogP contribution in [-0.4, -0.2) is 46.3 Å². The fourth-order valence-corrected chi connectivity index (χ4v) is 4.09. The van der Waals surface area contributed by atoms with E-state index in [0.29, 0.717) is 5.69 Å². The van der Waals surface area contributed by atoms with Crippen molar-refractivity contribution in [2.75, 3.05) is 11.4 Å².